The molecule has 0 heterocycles. The van der Waals surface area contributed by atoms with Gasteiger partial charge in [0.1, 0.15) is 5.75 Å². The molecule has 3 N–H and O–H groups in total. The second-order valence-electron chi connectivity index (χ2n) is 6.95. The number of carbonyl (C=O) groups is 2. The number of primary amides is 1. The molecule has 0 saturated heterocycles. The molecule has 26 heavy (non-hydrogen) atoms. The van der Waals surface area contributed by atoms with Gasteiger partial charge in [0.15, 0.2) is 0 Å². The molecular weight excluding hydrogens is 330 g/mol. The molecule has 6 nitrogen and oxygen atoms in total. The van der Waals surface area contributed by atoms with E-state index in [-0.39, 0.29) is 30.8 Å². The van der Waals surface area contributed by atoms with Crippen LogP contribution in [0.4, 0.5) is 5.69 Å². The third-order valence-electron chi connectivity index (χ3n) is 4.87. The number of amides is 2. The van der Waals surface area contributed by atoms with Gasteiger partial charge in [-0.05, 0) is 37.1 Å². The molecule has 0 bridgehead atoms. The first-order valence-electron chi connectivity index (χ1n) is 9.55. The largest absolute Gasteiger partial charge is 0.497 e. The predicted octanol–water partition coefficient (Wildman–Crippen LogP) is 2.61. The van der Waals surface area contributed by atoms with Crippen LogP contribution in [0, 0.1) is 0 Å². The number of methoxy groups -OCH3 is 1. The molecule has 0 atom stereocenters. The van der Waals surface area contributed by atoms with E-state index in [1.165, 1.54) is 32.1 Å². The Labute approximate surface area is 156 Å². The lowest BCUT2D eigenvalue weighted by atomic mass is 9.97. The normalized spacial score (nSPS) is 15.6. The molecule has 0 radical (unpaired) electrons. The van der Waals surface area contributed by atoms with Gasteiger partial charge in [0.25, 0.3) is 0 Å². The van der Waals surface area contributed by atoms with E-state index in [2.05, 4.69) is 5.32 Å². The molecule has 1 aromatic carbocycles. The summed E-state index contributed by atoms with van der Waals surface area (Å²) < 4.78 is 5.18. The van der Waals surface area contributed by atoms with E-state index >= 15 is 0 Å². The third-order valence-corrected chi connectivity index (χ3v) is 4.87. The maximum atomic E-state index is 12.6. The molecule has 1 fully saturated rings. The van der Waals surface area contributed by atoms with Gasteiger partial charge in [-0.1, -0.05) is 32.1 Å². The topological polar surface area (TPSA) is 84.7 Å². The van der Waals surface area contributed by atoms with Gasteiger partial charge in [0, 0.05) is 24.7 Å². The highest BCUT2D eigenvalue weighted by molar-refractivity contribution is 5.82. The smallest absolute Gasteiger partial charge is 0.239 e. The zero-order valence-corrected chi connectivity index (χ0v) is 15.7. The van der Waals surface area contributed by atoms with Gasteiger partial charge in [-0.2, -0.15) is 0 Å². The number of nitrogens with zero attached hydrogens (tertiary/aromatic N) is 1. The monoisotopic (exact) mass is 361 g/mol. The molecule has 144 valence electrons. The molecule has 6 heteroatoms. The fraction of sp³-hybridized carbons (Fsp3) is 0.600. The highest BCUT2D eigenvalue weighted by Gasteiger charge is 2.17. The van der Waals surface area contributed by atoms with Crippen LogP contribution < -0.4 is 20.7 Å². The lowest BCUT2D eigenvalue weighted by Gasteiger charge is -2.26. The van der Waals surface area contributed by atoms with E-state index in [1.807, 2.05) is 29.2 Å². The Kier molecular flexibility index (Phi) is 8.25. The Morgan fingerprint density at radius 1 is 1.12 bits per heavy atom. The van der Waals surface area contributed by atoms with E-state index in [9.17, 15) is 9.59 Å². The first-order valence-corrected chi connectivity index (χ1v) is 9.55. The molecule has 1 aliphatic rings. The lowest BCUT2D eigenvalue weighted by molar-refractivity contribution is -0.121. The molecule has 2 amide bonds. The van der Waals surface area contributed by atoms with Crippen molar-refractivity contribution in [2.45, 2.75) is 57.4 Å². The highest BCUT2D eigenvalue weighted by atomic mass is 16.5. The van der Waals surface area contributed by atoms with E-state index in [0.29, 0.717) is 6.54 Å². The summed E-state index contributed by atoms with van der Waals surface area (Å²) in [5.41, 5.74) is 6.17. The minimum absolute atomic E-state index is 0.00383. The Bertz CT molecular complexity index is 566. The second-order valence-corrected chi connectivity index (χ2v) is 6.95. The quantitative estimate of drug-likeness (QED) is 0.745. The zero-order chi connectivity index (χ0) is 18.8. The fourth-order valence-electron chi connectivity index (χ4n) is 3.38. The van der Waals surface area contributed by atoms with Crippen molar-refractivity contribution in [2.24, 2.45) is 5.73 Å². The van der Waals surface area contributed by atoms with Gasteiger partial charge >= 0.3 is 0 Å². The number of anilines is 1. The third kappa shape index (κ3) is 6.94. The molecule has 0 spiro atoms. The van der Waals surface area contributed by atoms with Gasteiger partial charge in [-0.15, -0.1) is 0 Å². The number of ether oxygens (including phenoxy) is 1. The summed E-state index contributed by atoms with van der Waals surface area (Å²) in [5, 5.41) is 3.18. The van der Waals surface area contributed by atoms with Crippen LogP contribution in [0.5, 0.6) is 5.75 Å². The molecule has 0 aliphatic heterocycles. The van der Waals surface area contributed by atoms with Gasteiger partial charge in [0.05, 0.1) is 13.7 Å². The molecular formula is C20H31N3O3. The summed E-state index contributed by atoms with van der Waals surface area (Å²) in [6, 6.07) is 7.74. The molecule has 0 unspecified atom stereocenters. The Morgan fingerprint density at radius 3 is 2.31 bits per heavy atom. The summed E-state index contributed by atoms with van der Waals surface area (Å²) in [4.78, 5) is 25.6. The van der Waals surface area contributed by atoms with Crippen LogP contribution in [0.3, 0.4) is 0 Å². The van der Waals surface area contributed by atoms with Gasteiger partial charge < -0.3 is 20.7 Å². The van der Waals surface area contributed by atoms with Gasteiger partial charge in [0.2, 0.25) is 11.8 Å². The van der Waals surface area contributed by atoms with E-state index < -0.39 is 0 Å². The van der Waals surface area contributed by atoms with Crippen LogP contribution in [-0.4, -0.2) is 38.1 Å². The Morgan fingerprint density at radius 2 is 1.73 bits per heavy atom. The number of nitrogens with one attached hydrogen (secondary N) is 1. The molecule has 1 aliphatic carbocycles. The maximum Gasteiger partial charge on any atom is 0.239 e. The first-order chi connectivity index (χ1) is 12.6. The van der Waals surface area contributed by atoms with Crippen molar-refractivity contribution in [3.8, 4) is 5.75 Å². The van der Waals surface area contributed by atoms with Crippen LogP contribution in [0.15, 0.2) is 24.3 Å². The Hall–Kier alpha value is -2.24. The SMILES string of the molecule is COc1ccc(N(CCC(N)=O)CC(=O)NC2CCCCCCC2)cc1. The number of hydrogen-bond donors (Lipinski definition) is 2. The van der Waals surface area contributed by atoms with Crippen LogP contribution in [0.2, 0.25) is 0 Å². The van der Waals surface area contributed by atoms with Crippen molar-refractivity contribution in [3.05, 3.63) is 24.3 Å². The van der Waals surface area contributed by atoms with Crippen molar-refractivity contribution in [3.63, 3.8) is 0 Å². The Balaban J connectivity index is 1.97. The summed E-state index contributed by atoms with van der Waals surface area (Å²) in [5.74, 6) is 0.377. The summed E-state index contributed by atoms with van der Waals surface area (Å²) in [6.07, 6.45) is 8.47. The zero-order valence-electron chi connectivity index (χ0n) is 15.7. The van der Waals surface area contributed by atoms with E-state index in [1.54, 1.807) is 7.11 Å². The second kappa shape index (κ2) is 10.7. The predicted molar refractivity (Wildman–Crippen MR) is 103 cm³/mol. The number of benzene rings is 1. The highest BCUT2D eigenvalue weighted by Crippen LogP contribution is 2.20. The van der Waals surface area contributed by atoms with Crippen LogP contribution in [0.1, 0.15) is 51.4 Å². The molecule has 2 rings (SSSR count). The van der Waals surface area contributed by atoms with Crippen LogP contribution in [-0.2, 0) is 9.59 Å². The minimum Gasteiger partial charge on any atom is -0.497 e. The maximum absolute atomic E-state index is 12.6. The summed E-state index contributed by atoms with van der Waals surface area (Å²) >= 11 is 0. The standard InChI is InChI=1S/C20H31N3O3/c1-26-18-11-9-17(10-12-18)23(14-13-19(21)24)15-20(25)22-16-7-5-3-2-4-6-8-16/h9-12,16H,2-8,13-15H2,1H3,(H2,21,24)(H,22,25). The van der Waals surface area contributed by atoms with E-state index in [0.717, 1.165) is 24.3 Å². The van der Waals surface area contributed by atoms with Crippen molar-refractivity contribution >= 4 is 17.5 Å². The van der Waals surface area contributed by atoms with Gasteiger partial charge in [-0.3, -0.25) is 9.59 Å². The lowest BCUT2D eigenvalue weighted by Crippen LogP contribution is -2.43. The minimum atomic E-state index is -0.371. The number of carbonyl (C=O) groups excluding carboxylic acids is 2. The van der Waals surface area contributed by atoms with Crippen LogP contribution in [0.25, 0.3) is 0 Å². The number of nitrogens with two attached hydrogens (primary N) is 1. The van der Waals surface area contributed by atoms with Crippen molar-refractivity contribution in [2.75, 3.05) is 25.1 Å². The first kappa shape index (κ1) is 20.1. The van der Waals surface area contributed by atoms with Crippen molar-refractivity contribution < 1.29 is 14.3 Å². The average Bonchev–Trinajstić information content (AvgIpc) is 2.61. The number of hydrogen-bond acceptors (Lipinski definition) is 4. The molecule has 1 aromatic rings. The summed E-state index contributed by atoms with van der Waals surface area (Å²) in [6.45, 7) is 0.635. The average molecular weight is 361 g/mol. The fourth-order valence-corrected chi connectivity index (χ4v) is 3.38. The molecule has 1 saturated carbocycles. The van der Waals surface area contributed by atoms with E-state index in [4.69, 9.17) is 10.5 Å². The summed E-state index contributed by atoms with van der Waals surface area (Å²) in [7, 11) is 1.61. The molecule has 0 aromatic heterocycles. The van der Waals surface area contributed by atoms with Crippen molar-refractivity contribution in [1.82, 2.24) is 5.32 Å². The van der Waals surface area contributed by atoms with Crippen LogP contribution >= 0.6 is 0 Å². The van der Waals surface area contributed by atoms with Crippen molar-refractivity contribution in [1.29, 1.82) is 0 Å². The van der Waals surface area contributed by atoms with Gasteiger partial charge in [-0.25, -0.2) is 0 Å². The number of rotatable bonds is 8.